The molecule has 172 valence electrons. The van der Waals surface area contributed by atoms with Gasteiger partial charge in [0.15, 0.2) is 0 Å². The third kappa shape index (κ3) is 5.15. The topological polar surface area (TPSA) is 81.4 Å². The van der Waals surface area contributed by atoms with Crippen LogP contribution in [0.2, 0.25) is 5.02 Å². The normalized spacial score (nSPS) is 10.7. The van der Waals surface area contributed by atoms with Crippen molar-refractivity contribution in [3.8, 4) is 22.3 Å². The molecule has 0 aliphatic rings. The average Bonchev–Trinajstić information content (AvgIpc) is 3.23. The Hall–Kier alpha value is -3.97. The fourth-order valence-corrected chi connectivity index (χ4v) is 3.79. The minimum atomic E-state index is -0.619. The third-order valence-corrected chi connectivity index (χ3v) is 5.48. The van der Waals surface area contributed by atoms with Crippen molar-refractivity contribution in [1.82, 2.24) is 5.16 Å². The van der Waals surface area contributed by atoms with Crippen molar-refractivity contribution in [1.29, 1.82) is 0 Å². The highest BCUT2D eigenvalue weighted by atomic mass is 35.5. The fraction of sp³-hybridized carbons (Fsp3) is 0.115. The summed E-state index contributed by atoms with van der Waals surface area (Å²) in [6, 6.07) is 18.4. The first-order chi connectivity index (χ1) is 16.3. The van der Waals surface area contributed by atoms with Gasteiger partial charge in [-0.1, -0.05) is 53.2 Å². The predicted molar refractivity (Wildman–Crippen MR) is 127 cm³/mol. The van der Waals surface area contributed by atoms with Crippen LogP contribution < -0.4 is 5.32 Å². The third-order valence-electron chi connectivity index (χ3n) is 5.17. The zero-order chi connectivity index (χ0) is 24.2. The minimum absolute atomic E-state index is 0.0499. The summed E-state index contributed by atoms with van der Waals surface area (Å²) in [5.41, 5.74) is 4.17. The Morgan fingerprint density at radius 3 is 2.21 bits per heavy atom. The number of amides is 1. The average molecular weight is 479 g/mol. The van der Waals surface area contributed by atoms with Gasteiger partial charge in [0.2, 0.25) is 5.91 Å². The second-order valence-corrected chi connectivity index (χ2v) is 8.02. The lowest BCUT2D eigenvalue weighted by molar-refractivity contribution is -0.115. The molecular weight excluding hydrogens is 459 g/mol. The molecule has 0 saturated heterocycles. The van der Waals surface area contributed by atoms with Gasteiger partial charge in [-0.3, -0.25) is 4.79 Å². The lowest BCUT2D eigenvalue weighted by atomic mass is 9.98. The van der Waals surface area contributed by atoms with Gasteiger partial charge in [0.1, 0.15) is 11.6 Å². The number of hydrogen-bond acceptors (Lipinski definition) is 5. The maximum absolute atomic E-state index is 13.2. The van der Waals surface area contributed by atoms with Crippen molar-refractivity contribution in [3.63, 3.8) is 0 Å². The van der Waals surface area contributed by atoms with Gasteiger partial charge in [0.25, 0.3) is 0 Å². The van der Waals surface area contributed by atoms with Crippen molar-refractivity contribution >= 4 is 29.2 Å². The number of carbonyl (C=O) groups excluding carboxylic acids is 2. The minimum Gasteiger partial charge on any atom is -0.465 e. The Morgan fingerprint density at radius 2 is 1.62 bits per heavy atom. The molecule has 1 amide bonds. The van der Waals surface area contributed by atoms with Crippen LogP contribution >= 0.6 is 11.6 Å². The molecule has 8 heteroatoms. The molecule has 4 rings (SSSR count). The monoisotopic (exact) mass is 478 g/mol. The Kier molecular flexibility index (Phi) is 6.75. The number of aryl methyl sites for hydroxylation is 1. The lowest BCUT2D eigenvalue weighted by Crippen LogP contribution is -2.17. The maximum Gasteiger partial charge on any atom is 0.339 e. The molecular formula is C26H20ClFN2O4. The Balaban J connectivity index is 1.63. The summed E-state index contributed by atoms with van der Waals surface area (Å²) >= 11 is 6.53. The first-order valence-electron chi connectivity index (χ1n) is 10.3. The summed E-state index contributed by atoms with van der Waals surface area (Å²) in [6.07, 6.45) is -0.0499. The van der Waals surface area contributed by atoms with Crippen LogP contribution in [0, 0.1) is 12.7 Å². The summed E-state index contributed by atoms with van der Waals surface area (Å²) in [6.45, 7) is 1.75. The number of nitrogens with zero attached hydrogens (tertiary/aromatic N) is 1. The lowest BCUT2D eigenvalue weighted by Gasteiger charge is -2.14. The molecule has 0 bridgehead atoms. The van der Waals surface area contributed by atoms with Gasteiger partial charge in [-0.05, 0) is 47.9 Å². The first-order valence-corrected chi connectivity index (χ1v) is 10.7. The highest BCUT2D eigenvalue weighted by molar-refractivity contribution is 6.34. The van der Waals surface area contributed by atoms with E-state index in [4.69, 9.17) is 20.9 Å². The first kappa shape index (κ1) is 23.2. The van der Waals surface area contributed by atoms with E-state index >= 15 is 0 Å². The Bertz CT molecular complexity index is 1350. The molecule has 0 aliphatic heterocycles. The molecule has 3 aromatic carbocycles. The molecule has 0 spiro atoms. The van der Waals surface area contributed by atoms with Gasteiger partial charge in [0.05, 0.1) is 35.5 Å². The van der Waals surface area contributed by atoms with E-state index in [1.807, 2.05) is 24.3 Å². The molecule has 1 heterocycles. The standard InChI is InChI=1S/C26H20ClFN2O4/c1-15-11-20(34-30-15)12-25(31)29-24-14-23(27)21(13-22(24)26(32)33-2)18-5-3-16(4-6-18)17-7-9-19(28)10-8-17/h3-11,13-14H,12H2,1-2H3,(H,29,31). The zero-order valence-corrected chi connectivity index (χ0v) is 19.2. The van der Waals surface area contributed by atoms with Crippen LogP contribution in [0.3, 0.4) is 0 Å². The number of nitrogens with one attached hydrogen (secondary N) is 1. The molecule has 0 unspecified atom stereocenters. The van der Waals surface area contributed by atoms with Crippen molar-refractivity contribution in [2.24, 2.45) is 0 Å². The SMILES string of the molecule is COC(=O)c1cc(-c2ccc(-c3ccc(F)cc3)cc2)c(Cl)cc1NC(=O)Cc1cc(C)no1. The number of esters is 1. The highest BCUT2D eigenvalue weighted by Crippen LogP contribution is 2.35. The fourth-order valence-electron chi connectivity index (χ4n) is 3.51. The smallest absolute Gasteiger partial charge is 0.339 e. The van der Waals surface area contributed by atoms with Crippen LogP contribution in [0.25, 0.3) is 22.3 Å². The van der Waals surface area contributed by atoms with Crippen LogP contribution in [-0.4, -0.2) is 24.1 Å². The summed E-state index contributed by atoms with van der Waals surface area (Å²) in [7, 11) is 1.26. The van der Waals surface area contributed by atoms with Crippen molar-refractivity contribution < 1.29 is 23.2 Å². The second-order valence-electron chi connectivity index (χ2n) is 7.61. The van der Waals surface area contributed by atoms with Gasteiger partial charge >= 0.3 is 5.97 Å². The number of carbonyl (C=O) groups is 2. The molecule has 0 aliphatic carbocycles. The van der Waals surface area contributed by atoms with E-state index < -0.39 is 11.9 Å². The second kappa shape index (κ2) is 9.89. The van der Waals surface area contributed by atoms with Crippen molar-refractivity contribution in [3.05, 3.63) is 94.6 Å². The summed E-state index contributed by atoms with van der Waals surface area (Å²) < 4.78 is 23.2. The molecule has 1 aromatic heterocycles. The molecule has 6 nitrogen and oxygen atoms in total. The van der Waals surface area contributed by atoms with Gasteiger partial charge in [-0.2, -0.15) is 0 Å². The van der Waals surface area contributed by atoms with E-state index in [0.29, 0.717) is 22.0 Å². The number of halogens is 2. The van der Waals surface area contributed by atoms with Crippen LogP contribution in [-0.2, 0) is 16.0 Å². The van der Waals surface area contributed by atoms with Crippen LogP contribution in [0.4, 0.5) is 10.1 Å². The van der Waals surface area contributed by atoms with Crippen LogP contribution in [0.1, 0.15) is 21.8 Å². The number of benzene rings is 3. The summed E-state index contributed by atoms with van der Waals surface area (Å²) in [5, 5.41) is 6.79. The number of ether oxygens (including phenoxy) is 1. The largest absolute Gasteiger partial charge is 0.465 e. The van der Waals surface area contributed by atoms with Gasteiger partial charge in [0, 0.05) is 11.6 Å². The molecule has 4 aromatic rings. The molecule has 34 heavy (non-hydrogen) atoms. The molecule has 0 fully saturated rings. The van der Waals surface area contributed by atoms with E-state index in [2.05, 4.69) is 10.5 Å². The van der Waals surface area contributed by atoms with E-state index in [9.17, 15) is 14.0 Å². The molecule has 0 atom stereocenters. The van der Waals surface area contributed by atoms with Crippen molar-refractivity contribution in [2.45, 2.75) is 13.3 Å². The summed E-state index contributed by atoms with van der Waals surface area (Å²) in [5.74, 6) is -0.912. The predicted octanol–water partition coefficient (Wildman–Crippen LogP) is 6.08. The molecule has 1 N–H and O–H groups in total. The number of methoxy groups -OCH3 is 1. The molecule has 0 radical (unpaired) electrons. The molecule has 0 saturated carbocycles. The van der Waals surface area contributed by atoms with Crippen LogP contribution in [0.5, 0.6) is 0 Å². The van der Waals surface area contributed by atoms with Gasteiger partial charge in [-0.15, -0.1) is 0 Å². The van der Waals surface area contributed by atoms with Crippen molar-refractivity contribution in [2.75, 3.05) is 12.4 Å². The maximum atomic E-state index is 13.2. The zero-order valence-electron chi connectivity index (χ0n) is 18.4. The summed E-state index contributed by atoms with van der Waals surface area (Å²) in [4.78, 5) is 25.0. The Labute approximate surface area is 200 Å². The van der Waals surface area contributed by atoms with E-state index in [1.165, 1.54) is 25.3 Å². The van der Waals surface area contributed by atoms with Gasteiger partial charge in [-0.25, -0.2) is 9.18 Å². The Morgan fingerprint density at radius 1 is 1.00 bits per heavy atom. The highest BCUT2D eigenvalue weighted by Gasteiger charge is 2.19. The number of anilines is 1. The van der Waals surface area contributed by atoms with Gasteiger partial charge < -0.3 is 14.6 Å². The quantitative estimate of drug-likeness (QED) is 0.340. The number of hydrogen-bond donors (Lipinski definition) is 1. The number of aromatic nitrogens is 1. The van der Waals surface area contributed by atoms with E-state index in [-0.39, 0.29) is 23.5 Å². The van der Waals surface area contributed by atoms with E-state index in [1.54, 1.807) is 31.2 Å². The van der Waals surface area contributed by atoms with Crippen LogP contribution in [0.15, 0.2) is 71.3 Å². The van der Waals surface area contributed by atoms with E-state index in [0.717, 1.165) is 16.7 Å². The number of rotatable bonds is 6.